The van der Waals surface area contributed by atoms with E-state index in [0.29, 0.717) is 17.8 Å². The third-order valence-corrected chi connectivity index (χ3v) is 5.82. The summed E-state index contributed by atoms with van der Waals surface area (Å²) in [5.41, 5.74) is -0.751. The highest BCUT2D eigenvalue weighted by molar-refractivity contribution is 6.06. The fourth-order valence-electron chi connectivity index (χ4n) is 3.92. The summed E-state index contributed by atoms with van der Waals surface area (Å²) in [5, 5.41) is 26.3. The van der Waals surface area contributed by atoms with Crippen LogP contribution in [0.5, 0.6) is 0 Å². The molecule has 8 nitrogen and oxygen atoms in total. The molecular formula is C21H27N3O5. The molecule has 0 bridgehead atoms. The first-order valence-corrected chi connectivity index (χ1v) is 9.94. The Morgan fingerprint density at radius 1 is 1.17 bits per heavy atom. The van der Waals surface area contributed by atoms with E-state index in [2.05, 4.69) is 10.4 Å². The van der Waals surface area contributed by atoms with Gasteiger partial charge in [0.25, 0.3) is 5.91 Å². The number of carboxylic acid groups (broad SMARTS) is 2. The normalized spacial score (nSPS) is 16.5. The monoisotopic (exact) mass is 401 g/mol. The molecule has 1 amide bonds. The number of fused-ring (bicyclic) bond motifs is 1. The highest BCUT2D eigenvalue weighted by Gasteiger charge is 2.43. The Labute approximate surface area is 168 Å². The maximum Gasteiger partial charge on any atom is 0.327 e. The molecule has 0 saturated heterocycles. The van der Waals surface area contributed by atoms with Gasteiger partial charge in [-0.3, -0.25) is 14.3 Å². The summed E-state index contributed by atoms with van der Waals surface area (Å²) in [6.45, 7) is 3.25. The van der Waals surface area contributed by atoms with Gasteiger partial charge in [0, 0.05) is 11.9 Å². The van der Waals surface area contributed by atoms with Crippen molar-refractivity contribution < 1.29 is 24.6 Å². The quantitative estimate of drug-likeness (QED) is 0.656. The summed E-state index contributed by atoms with van der Waals surface area (Å²) in [7, 11) is 0. The summed E-state index contributed by atoms with van der Waals surface area (Å²) in [4.78, 5) is 36.0. The molecule has 1 aromatic carbocycles. The fourth-order valence-corrected chi connectivity index (χ4v) is 3.92. The predicted molar refractivity (Wildman–Crippen MR) is 107 cm³/mol. The molecule has 3 rings (SSSR count). The molecule has 1 heterocycles. The molecule has 29 heavy (non-hydrogen) atoms. The van der Waals surface area contributed by atoms with E-state index >= 15 is 0 Å². The number of amides is 1. The van der Waals surface area contributed by atoms with Crippen LogP contribution in [0.2, 0.25) is 0 Å². The van der Waals surface area contributed by atoms with Crippen LogP contribution in [-0.2, 0) is 16.1 Å². The van der Waals surface area contributed by atoms with Crippen LogP contribution < -0.4 is 5.32 Å². The first kappa shape index (κ1) is 20.8. The Hall–Kier alpha value is -2.90. The Morgan fingerprint density at radius 3 is 2.45 bits per heavy atom. The van der Waals surface area contributed by atoms with E-state index in [9.17, 15) is 24.6 Å². The molecule has 1 unspecified atom stereocenters. The van der Waals surface area contributed by atoms with Crippen molar-refractivity contribution in [1.82, 2.24) is 15.1 Å². The summed E-state index contributed by atoms with van der Waals surface area (Å²) in [6.07, 6.45) is 5.90. The zero-order valence-electron chi connectivity index (χ0n) is 16.7. The van der Waals surface area contributed by atoms with Crippen molar-refractivity contribution in [1.29, 1.82) is 0 Å². The van der Waals surface area contributed by atoms with Gasteiger partial charge in [-0.15, -0.1) is 0 Å². The van der Waals surface area contributed by atoms with Gasteiger partial charge in [0.15, 0.2) is 5.69 Å². The second-order valence-corrected chi connectivity index (χ2v) is 8.32. The zero-order valence-corrected chi connectivity index (χ0v) is 16.7. The summed E-state index contributed by atoms with van der Waals surface area (Å²) >= 11 is 0. The Morgan fingerprint density at radius 2 is 1.83 bits per heavy atom. The van der Waals surface area contributed by atoms with Crippen molar-refractivity contribution in [2.45, 2.75) is 58.5 Å². The lowest BCUT2D eigenvalue weighted by molar-refractivity contribution is -0.156. The fraction of sp³-hybridized carbons (Fsp3) is 0.524. The molecule has 0 aliphatic heterocycles. The molecule has 1 saturated carbocycles. The van der Waals surface area contributed by atoms with Gasteiger partial charge in [0.05, 0.1) is 10.9 Å². The standard InChI is InChI=1S/C21H27N3O5/c1-21(2,20(28)29)17(19(26)27)22-18(25)16-14-10-6-7-11-15(14)24(23-16)12-13-8-4-3-5-9-13/h6-7,10-11,13,17H,3-5,8-9,12H2,1-2H3,(H,22,25)(H,26,27)(H,28,29). The minimum Gasteiger partial charge on any atom is -0.481 e. The largest absolute Gasteiger partial charge is 0.481 e. The molecule has 8 heteroatoms. The van der Waals surface area contributed by atoms with E-state index in [4.69, 9.17) is 0 Å². The number of hydrogen-bond donors (Lipinski definition) is 3. The van der Waals surface area contributed by atoms with Crippen molar-refractivity contribution in [3.8, 4) is 0 Å². The Bertz CT molecular complexity index is 928. The van der Waals surface area contributed by atoms with E-state index in [0.717, 1.165) is 18.4 Å². The lowest BCUT2D eigenvalue weighted by atomic mass is 9.84. The van der Waals surface area contributed by atoms with Crippen LogP contribution in [0.4, 0.5) is 0 Å². The predicted octanol–water partition coefficient (Wildman–Crippen LogP) is 2.91. The molecule has 1 aliphatic rings. The minimum atomic E-state index is -1.68. The van der Waals surface area contributed by atoms with Gasteiger partial charge in [-0.2, -0.15) is 5.10 Å². The molecule has 156 valence electrons. The highest BCUT2D eigenvalue weighted by Crippen LogP contribution is 2.28. The van der Waals surface area contributed by atoms with Crippen molar-refractivity contribution in [2.75, 3.05) is 0 Å². The number of carboxylic acids is 2. The third-order valence-electron chi connectivity index (χ3n) is 5.82. The van der Waals surface area contributed by atoms with Crippen LogP contribution >= 0.6 is 0 Å². The topological polar surface area (TPSA) is 122 Å². The second kappa shape index (κ2) is 8.23. The van der Waals surface area contributed by atoms with Crippen molar-refractivity contribution in [3.05, 3.63) is 30.0 Å². The van der Waals surface area contributed by atoms with Crippen LogP contribution in [0.25, 0.3) is 10.9 Å². The van der Waals surface area contributed by atoms with Gasteiger partial charge in [0.2, 0.25) is 0 Å². The number of aliphatic carboxylic acids is 2. The van der Waals surface area contributed by atoms with Crippen LogP contribution in [0.3, 0.4) is 0 Å². The van der Waals surface area contributed by atoms with Crippen LogP contribution in [0, 0.1) is 11.3 Å². The maximum atomic E-state index is 12.9. The third kappa shape index (κ3) is 4.26. The minimum absolute atomic E-state index is 0.115. The first-order valence-electron chi connectivity index (χ1n) is 9.94. The number of para-hydroxylation sites is 1. The molecule has 2 aromatic rings. The molecule has 0 radical (unpaired) electrons. The lowest BCUT2D eigenvalue weighted by Crippen LogP contribution is -2.53. The maximum absolute atomic E-state index is 12.9. The number of aromatic nitrogens is 2. The highest BCUT2D eigenvalue weighted by atomic mass is 16.4. The van der Waals surface area contributed by atoms with Crippen LogP contribution in [0.1, 0.15) is 56.4 Å². The lowest BCUT2D eigenvalue weighted by Gasteiger charge is -2.27. The van der Waals surface area contributed by atoms with E-state index in [1.807, 2.05) is 16.8 Å². The average Bonchev–Trinajstić information content (AvgIpc) is 3.05. The van der Waals surface area contributed by atoms with Crippen molar-refractivity contribution in [3.63, 3.8) is 0 Å². The van der Waals surface area contributed by atoms with E-state index in [1.165, 1.54) is 33.1 Å². The number of rotatable bonds is 7. The summed E-state index contributed by atoms with van der Waals surface area (Å²) in [5.74, 6) is -2.90. The molecule has 3 N–H and O–H groups in total. The zero-order chi connectivity index (χ0) is 21.2. The van der Waals surface area contributed by atoms with Gasteiger partial charge in [-0.05, 0) is 38.7 Å². The number of nitrogens with one attached hydrogen (secondary N) is 1. The summed E-state index contributed by atoms with van der Waals surface area (Å²) < 4.78 is 1.82. The van der Waals surface area contributed by atoms with Crippen molar-refractivity contribution >= 4 is 28.7 Å². The smallest absolute Gasteiger partial charge is 0.327 e. The van der Waals surface area contributed by atoms with Gasteiger partial charge < -0.3 is 15.5 Å². The molecule has 0 spiro atoms. The molecule has 1 fully saturated rings. The number of nitrogens with zero attached hydrogens (tertiary/aromatic N) is 2. The molecule has 1 aromatic heterocycles. The molecular weight excluding hydrogens is 374 g/mol. The first-order chi connectivity index (χ1) is 13.7. The second-order valence-electron chi connectivity index (χ2n) is 8.32. The number of carbonyl (C=O) groups is 3. The molecule has 1 aliphatic carbocycles. The SMILES string of the molecule is CC(C)(C(=O)O)C(NC(=O)c1nn(CC2CCCCC2)c2ccccc12)C(=O)O. The summed E-state index contributed by atoms with van der Waals surface area (Å²) in [6, 6.07) is 5.73. The van der Waals surface area contributed by atoms with Crippen LogP contribution in [-0.4, -0.2) is 43.9 Å². The molecule has 1 atom stereocenters. The van der Waals surface area contributed by atoms with Gasteiger partial charge in [0.1, 0.15) is 6.04 Å². The van der Waals surface area contributed by atoms with E-state index in [-0.39, 0.29) is 5.69 Å². The average molecular weight is 401 g/mol. The van der Waals surface area contributed by atoms with Gasteiger partial charge >= 0.3 is 11.9 Å². The van der Waals surface area contributed by atoms with E-state index in [1.54, 1.807) is 12.1 Å². The number of hydrogen-bond acceptors (Lipinski definition) is 4. The van der Waals surface area contributed by atoms with E-state index < -0.39 is 29.3 Å². The Kier molecular flexibility index (Phi) is 5.91. The van der Waals surface area contributed by atoms with Gasteiger partial charge in [-0.1, -0.05) is 37.5 Å². The van der Waals surface area contributed by atoms with Gasteiger partial charge in [-0.25, -0.2) is 4.79 Å². The van der Waals surface area contributed by atoms with Crippen molar-refractivity contribution in [2.24, 2.45) is 11.3 Å². The Balaban J connectivity index is 1.91. The number of carbonyl (C=O) groups excluding carboxylic acids is 1. The number of benzene rings is 1. The van der Waals surface area contributed by atoms with Crippen LogP contribution in [0.15, 0.2) is 24.3 Å².